The molecule has 0 aliphatic rings. The number of halogens is 1. The summed E-state index contributed by atoms with van der Waals surface area (Å²) in [5.74, 6) is 0. The molecular weight excluding hydrogens is 228 g/mol. The second-order valence-electron chi connectivity index (χ2n) is 2.11. The van der Waals surface area contributed by atoms with E-state index in [1.165, 1.54) is 18.7 Å². The van der Waals surface area contributed by atoms with E-state index in [0.29, 0.717) is 0 Å². The molecule has 0 saturated carbocycles. The summed E-state index contributed by atoms with van der Waals surface area (Å²) in [6.07, 6.45) is 0. The molecule has 0 bridgehead atoms. The molecule has 0 saturated heterocycles. The van der Waals surface area contributed by atoms with Crippen LogP contribution in [0.5, 0.6) is 0 Å². The van der Waals surface area contributed by atoms with Crippen LogP contribution >= 0.6 is 38.6 Å². The van der Waals surface area contributed by atoms with Crippen molar-refractivity contribution in [2.24, 2.45) is 0 Å². The van der Waals surface area contributed by atoms with Gasteiger partial charge in [0.2, 0.25) is 0 Å². The molecule has 2 aromatic heterocycles. The van der Waals surface area contributed by atoms with Gasteiger partial charge in [-0.15, -0.1) is 22.7 Å². The molecule has 10 heavy (non-hydrogen) atoms. The van der Waals surface area contributed by atoms with Crippen molar-refractivity contribution in [1.82, 2.24) is 0 Å². The summed E-state index contributed by atoms with van der Waals surface area (Å²) in [7, 11) is 0. The highest BCUT2D eigenvalue weighted by molar-refractivity contribution is 9.11. The molecule has 0 unspecified atom stereocenters. The first kappa shape index (κ1) is 6.83. The summed E-state index contributed by atoms with van der Waals surface area (Å²) >= 11 is 7.14. The van der Waals surface area contributed by atoms with Crippen LogP contribution < -0.4 is 0 Å². The van der Waals surface area contributed by atoms with Gasteiger partial charge in [0.15, 0.2) is 0 Å². The lowest BCUT2D eigenvalue weighted by molar-refractivity contribution is 1.59. The zero-order chi connectivity index (χ0) is 7.14. The highest BCUT2D eigenvalue weighted by Gasteiger charge is 2.05. The van der Waals surface area contributed by atoms with Gasteiger partial charge in [0, 0.05) is 9.40 Å². The zero-order valence-electron chi connectivity index (χ0n) is 5.35. The van der Waals surface area contributed by atoms with Crippen molar-refractivity contribution < 1.29 is 0 Å². The second-order valence-corrected chi connectivity index (χ2v) is 5.40. The van der Waals surface area contributed by atoms with Gasteiger partial charge in [0.05, 0.1) is 3.79 Å². The van der Waals surface area contributed by atoms with Gasteiger partial charge >= 0.3 is 0 Å². The van der Waals surface area contributed by atoms with Gasteiger partial charge in [-0.2, -0.15) is 0 Å². The van der Waals surface area contributed by atoms with Gasteiger partial charge in [-0.3, -0.25) is 0 Å². The zero-order valence-corrected chi connectivity index (χ0v) is 8.57. The topological polar surface area (TPSA) is 0 Å². The third-order valence-electron chi connectivity index (χ3n) is 1.46. The monoisotopic (exact) mass is 232 g/mol. The lowest BCUT2D eigenvalue weighted by Crippen LogP contribution is -1.58. The molecule has 52 valence electrons. The van der Waals surface area contributed by atoms with Crippen molar-refractivity contribution in [2.45, 2.75) is 6.92 Å². The predicted molar refractivity (Wildman–Crippen MR) is 52.1 cm³/mol. The molecule has 0 N–H and O–H groups in total. The third-order valence-corrected chi connectivity index (χ3v) is 4.75. The minimum atomic E-state index is 1.27. The Morgan fingerprint density at radius 2 is 2.30 bits per heavy atom. The van der Waals surface area contributed by atoms with E-state index in [-0.39, 0.29) is 0 Å². The Morgan fingerprint density at radius 1 is 1.50 bits per heavy atom. The Morgan fingerprint density at radius 3 is 3.00 bits per heavy atom. The maximum Gasteiger partial charge on any atom is 0.0748 e. The van der Waals surface area contributed by atoms with Gasteiger partial charge in [-0.05, 0) is 39.9 Å². The minimum absolute atomic E-state index is 1.27. The van der Waals surface area contributed by atoms with Crippen LogP contribution in [-0.4, -0.2) is 0 Å². The Kier molecular flexibility index (Phi) is 1.59. The van der Waals surface area contributed by atoms with E-state index in [0.717, 1.165) is 0 Å². The largest absolute Gasteiger partial charge is 0.143 e. The molecule has 2 aromatic rings. The fourth-order valence-electron chi connectivity index (χ4n) is 0.914. The Bertz CT molecular complexity index is 358. The van der Waals surface area contributed by atoms with E-state index in [4.69, 9.17) is 0 Å². The Labute approximate surface area is 75.6 Å². The van der Waals surface area contributed by atoms with Crippen molar-refractivity contribution in [3.63, 3.8) is 0 Å². The van der Waals surface area contributed by atoms with Crippen LogP contribution in [0.2, 0.25) is 0 Å². The first-order valence-corrected chi connectivity index (χ1v) is 5.40. The number of rotatable bonds is 0. The maximum absolute atomic E-state index is 3.51. The van der Waals surface area contributed by atoms with E-state index >= 15 is 0 Å². The average Bonchev–Trinajstić information content (AvgIpc) is 2.41. The van der Waals surface area contributed by atoms with Crippen molar-refractivity contribution in [1.29, 1.82) is 0 Å². The molecule has 2 rings (SSSR count). The van der Waals surface area contributed by atoms with Crippen molar-refractivity contribution in [3.8, 4) is 0 Å². The number of hydrogen-bond acceptors (Lipinski definition) is 2. The van der Waals surface area contributed by atoms with Crippen LogP contribution in [-0.2, 0) is 0 Å². The first-order valence-electron chi connectivity index (χ1n) is 2.91. The second kappa shape index (κ2) is 2.32. The maximum atomic E-state index is 3.51. The lowest BCUT2D eigenvalue weighted by Gasteiger charge is -1.81. The van der Waals surface area contributed by atoms with Gasteiger partial charge in [0.1, 0.15) is 0 Å². The lowest BCUT2D eigenvalue weighted by atomic mass is 10.4. The summed E-state index contributed by atoms with van der Waals surface area (Å²) in [5, 5.41) is 2.14. The van der Waals surface area contributed by atoms with Crippen LogP contribution in [0.1, 0.15) is 5.56 Å². The van der Waals surface area contributed by atoms with E-state index in [1.807, 2.05) is 22.7 Å². The van der Waals surface area contributed by atoms with E-state index in [9.17, 15) is 0 Å². The molecule has 0 spiro atoms. The molecule has 0 aliphatic heterocycles. The van der Waals surface area contributed by atoms with Crippen LogP contribution in [0.3, 0.4) is 0 Å². The molecule has 0 fully saturated rings. The molecule has 0 amide bonds. The Hall–Kier alpha value is 0.140. The summed E-state index contributed by atoms with van der Waals surface area (Å²) < 4.78 is 4.10. The highest BCUT2D eigenvalue weighted by Crippen LogP contribution is 2.37. The van der Waals surface area contributed by atoms with Crippen molar-refractivity contribution in [2.75, 3.05) is 0 Å². The quantitative estimate of drug-likeness (QED) is 0.644. The van der Waals surface area contributed by atoms with Gasteiger partial charge in [-0.1, -0.05) is 0 Å². The highest BCUT2D eigenvalue weighted by atomic mass is 79.9. The normalized spacial score (nSPS) is 11.0. The molecule has 0 aliphatic carbocycles. The molecule has 3 heteroatoms. The first-order chi connectivity index (χ1) is 4.79. The number of hydrogen-bond donors (Lipinski definition) is 0. The van der Waals surface area contributed by atoms with Crippen LogP contribution in [0.15, 0.2) is 15.2 Å². The number of thiophene rings is 2. The van der Waals surface area contributed by atoms with E-state index in [1.54, 1.807) is 0 Å². The molecule has 0 nitrogen and oxygen atoms in total. The van der Waals surface area contributed by atoms with Crippen molar-refractivity contribution in [3.05, 3.63) is 20.8 Å². The van der Waals surface area contributed by atoms with Gasteiger partial charge in [0.25, 0.3) is 0 Å². The fraction of sp³-hybridized carbons (Fsp3) is 0.143. The van der Waals surface area contributed by atoms with Crippen LogP contribution in [0, 0.1) is 6.92 Å². The van der Waals surface area contributed by atoms with Crippen LogP contribution in [0.25, 0.3) is 9.40 Å². The summed E-state index contributed by atoms with van der Waals surface area (Å²) in [6.45, 7) is 2.15. The smallest absolute Gasteiger partial charge is 0.0748 e. The van der Waals surface area contributed by atoms with E-state index in [2.05, 4.69) is 34.3 Å². The minimum Gasteiger partial charge on any atom is -0.143 e. The predicted octanol–water partition coefficient (Wildman–Crippen LogP) is 4.03. The SMILES string of the molecule is Cc1c(Br)sc2ccsc12. The summed E-state index contributed by atoms with van der Waals surface area (Å²) in [6, 6.07) is 2.17. The average molecular weight is 233 g/mol. The van der Waals surface area contributed by atoms with Crippen molar-refractivity contribution >= 4 is 48.0 Å². The molecular formula is C7H5BrS2. The standard InChI is InChI=1S/C7H5BrS2/c1-4-6-5(2-3-9-6)10-7(4)8/h2-3H,1H3. The van der Waals surface area contributed by atoms with Crippen LogP contribution in [0.4, 0.5) is 0 Å². The fourth-order valence-corrected chi connectivity index (χ4v) is 3.82. The Balaban J connectivity index is 2.95. The summed E-state index contributed by atoms with van der Waals surface area (Å²) in [5.41, 5.74) is 1.38. The van der Waals surface area contributed by atoms with E-state index < -0.39 is 0 Å². The molecule has 0 atom stereocenters. The summed E-state index contributed by atoms with van der Waals surface area (Å²) in [4.78, 5) is 0. The van der Waals surface area contributed by atoms with Gasteiger partial charge in [-0.25, -0.2) is 0 Å². The molecule has 0 radical (unpaired) electrons. The molecule has 2 heterocycles. The number of aryl methyl sites for hydroxylation is 1. The third kappa shape index (κ3) is 0.847. The molecule has 0 aromatic carbocycles. The number of fused-ring (bicyclic) bond motifs is 1. The van der Waals surface area contributed by atoms with Gasteiger partial charge < -0.3 is 0 Å².